The Balaban J connectivity index is 1.76. The summed E-state index contributed by atoms with van der Waals surface area (Å²) in [4.78, 5) is 25.2. The van der Waals surface area contributed by atoms with Gasteiger partial charge in [0.1, 0.15) is 12.4 Å². The summed E-state index contributed by atoms with van der Waals surface area (Å²) in [5.41, 5.74) is 1.41. The third kappa shape index (κ3) is 5.83. The lowest BCUT2D eigenvalue weighted by molar-refractivity contribution is -0.385. The number of carbonyl (C=O) groups is 1. The standard InChI is InChI=1S/C24H22BrNO5S/c1-3-6-23-18(25)14-24(32-23)20(27)11-9-16-10-12-21(30-2)17(13-16)15-31-22-8-5-4-7-19(22)26(28)29/h4-5,7-14H,3,6,15H2,1-2H3/b11-9+. The van der Waals surface area contributed by atoms with E-state index in [-0.39, 0.29) is 23.8 Å². The van der Waals surface area contributed by atoms with E-state index in [4.69, 9.17) is 9.47 Å². The first-order valence-electron chi connectivity index (χ1n) is 9.96. The maximum Gasteiger partial charge on any atom is 0.310 e. The Morgan fingerprint density at radius 2 is 1.97 bits per heavy atom. The van der Waals surface area contributed by atoms with E-state index in [1.54, 1.807) is 43.5 Å². The number of methoxy groups -OCH3 is 1. The molecular weight excluding hydrogens is 494 g/mol. The highest BCUT2D eigenvalue weighted by Gasteiger charge is 2.15. The first-order valence-corrected chi connectivity index (χ1v) is 11.6. The summed E-state index contributed by atoms with van der Waals surface area (Å²) >= 11 is 5.03. The number of carbonyl (C=O) groups excluding carboxylic acids is 1. The number of rotatable bonds is 10. The van der Waals surface area contributed by atoms with Gasteiger partial charge in [-0.25, -0.2) is 0 Å². The Labute approximate surface area is 198 Å². The molecule has 0 saturated heterocycles. The lowest BCUT2D eigenvalue weighted by Crippen LogP contribution is -2.01. The number of thiophene rings is 1. The monoisotopic (exact) mass is 515 g/mol. The van der Waals surface area contributed by atoms with Gasteiger partial charge >= 0.3 is 5.69 Å². The summed E-state index contributed by atoms with van der Waals surface area (Å²) in [6.07, 6.45) is 5.24. The molecule has 0 bridgehead atoms. The van der Waals surface area contributed by atoms with Crippen molar-refractivity contribution in [3.8, 4) is 11.5 Å². The molecule has 0 fully saturated rings. The summed E-state index contributed by atoms with van der Waals surface area (Å²) in [6, 6.07) is 13.5. The smallest absolute Gasteiger partial charge is 0.310 e. The highest BCUT2D eigenvalue weighted by molar-refractivity contribution is 9.10. The largest absolute Gasteiger partial charge is 0.496 e. The van der Waals surface area contributed by atoms with Crippen molar-refractivity contribution in [1.29, 1.82) is 0 Å². The minimum atomic E-state index is -0.480. The minimum absolute atomic E-state index is 0.0634. The molecule has 0 spiro atoms. The average molecular weight is 516 g/mol. The molecule has 0 aliphatic rings. The van der Waals surface area contributed by atoms with Crippen molar-refractivity contribution in [2.75, 3.05) is 7.11 Å². The molecule has 166 valence electrons. The molecule has 0 amide bonds. The number of nitrogens with zero attached hydrogens (tertiary/aromatic N) is 1. The molecule has 32 heavy (non-hydrogen) atoms. The van der Waals surface area contributed by atoms with Gasteiger partial charge in [-0.3, -0.25) is 14.9 Å². The van der Waals surface area contributed by atoms with Gasteiger partial charge in [0.25, 0.3) is 0 Å². The average Bonchev–Trinajstić information content (AvgIpc) is 3.16. The second-order valence-electron chi connectivity index (χ2n) is 6.91. The summed E-state index contributed by atoms with van der Waals surface area (Å²) in [5, 5.41) is 11.2. The Morgan fingerprint density at radius 3 is 2.69 bits per heavy atom. The first-order chi connectivity index (χ1) is 15.4. The molecule has 8 heteroatoms. The van der Waals surface area contributed by atoms with Crippen LogP contribution in [-0.2, 0) is 13.0 Å². The highest BCUT2D eigenvalue weighted by atomic mass is 79.9. The van der Waals surface area contributed by atoms with Crippen LogP contribution in [0.15, 0.2) is 59.1 Å². The Kier molecular flexibility index (Phi) is 8.19. The Hall–Kier alpha value is -2.97. The van der Waals surface area contributed by atoms with Crippen molar-refractivity contribution in [2.24, 2.45) is 0 Å². The van der Waals surface area contributed by atoms with Gasteiger partial charge in [-0.2, -0.15) is 0 Å². The maximum absolute atomic E-state index is 12.6. The van der Waals surface area contributed by atoms with Gasteiger partial charge in [-0.15, -0.1) is 11.3 Å². The maximum atomic E-state index is 12.6. The molecule has 6 nitrogen and oxygen atoms in total. The molecule has 2 aromatic carbocycles. The molecule has 1 aromatic heterocycles. The normalized spacial score (nSPS) is 11.0. The topological polar surface area (TPSA) is 78.7 Å². The lowest BCUT2D eigenvalue weighted by Gasteiger charge is -2.11. The first kappa shape index (κ1) is 23.7. The number of nitro groups is 1. The number of hydrogen-bond donors (Lipinski definition) is 0. The molecule has 0 N–H and O–H groups in total. The summed E-state index contributed by atoms with van der Waals surface area (Å²) < 4.78 is 12.1. The van der Waals surface area contributed by atoms with E-state index in [0.29, 0.717) is 16.2 Å². The van der Waals surface area contributed by atoms with Crippen LogP contribution in [0.1, 0.15) is 39.0 Å². The van der Waals surface area contributed by atoms with Gasteiger partial charge in [-0.05, 0) is 58.3 Å². The second kappa shape index (κ2) is 11.1. The second-order valence-corrected chi connectivity index (χ2v) is 8.91. The van der Waals surface area contributed by atoms with Crippen LogP contribution < -0.4 is 9.47 Å². The van der Waals surface area contributed by atoms with Crippen LogP contribution in [0, 0.1) is 10.1 Å². The van der Waals surface area contributed by atoms with Crippen LogP contribution >= 0.6 is 27.3 Å². The number of aryl methyl sites for hydroxylation is 1. The van der Waals surface area contributed by atoms with E-state index < -0.39 is 4.92 Å². The third-order valence-corrected chi connectivity index (χ3v) is 6.83. The molecule has 0 radical (unpaired) electrons. The number of ether oxygens (including phenoxy) is 2. The van der Waals surface area contributed by atoms with Crippen LogP contribution in [-0.4, -0.2) is 17.8 Å². The zero-order valence-electron chi connectivity index (χ0n) is 17.7. The number of para-hydroxylation sites is 2. The number of nitro benzene ring substituents is 1. The van der Waals surface area contributed by atoms with Gasteiger partial charge in [0.15, 0.2) is 11.5 Å². The third-order valence-electron chi connectivity index (χ3n) is 4.65. The van der Waals surface area contributed by atoms with Crippen molar-refractivity contribution in [3.63, 3.8) is 0 Å². The zero-order valence-corrected chi connectivity index (χ0v) is 20.1. The fraction of sp³-hybridized carbons (Fsp3) is 0.208. The van der Waals surface area contributed by atoms with E-state index in [9.17, 15) is 14.9 Å². The molecule has 1 heterocycles. The van der Waals surface area contributed by atoms with Crippen LogP contribution in [0.2, 0.25) is 0 Å². The molecule has 0 aliphatic carbocycles. The summed E-state index contributed by atoms with van der Waals surface area (Å²) in [6.45, 7) is 2.19. The summed E-state index contributed by atoms with van der Waals surface area (Å²) in [7, 11) is 1.55. The van der Waals surface area contributed by atoms with E-state index in [1.807, 2.05) is 18.2 Å². The molecule has 3 rings (SSSR count). The molecule has 0 saturated carbocycles. The van der Waals surface area contributed by atoms with Crippen molar-refractivity contribution in [1.82, 2.24) is 0 Å². The predicted octanol–water partition coefficient (Wildman–Crippen LogP) is 6.86. The number of halogens is 1. The minimum Gasteiger partial charge on any atom is -0.496 e. The Morgan fingerprint density at radius 1 is 1.19 bits per heavy atom. The number of hydrogen-bond acceptors (Lipinski definition) is 6. The number of ketones is 1. The quantitative estimate of drug-likeness (QED) is 0.127. The lowest BCUT2D eigenvalue weighted by atomic mass is 10.1. The van der Waals surface area contributed by atoms with Gasteiger partial charge in [-0.1, -0.05) is 37.6 Å². The molecule has 0 atom stereocenters. The predicted molar refractivity (Wildman–Crippen MR) is 130 cm³/mol. The zero-order chi connectivity index (χ0) is 23.1. The van der Waals surface area contributed by atoms with Crippen LogP contribution in [0.5, 0.6) is 11.5 Å². The van der Waals surface area contributed by atoms with E-state index >= 15 is 0 Å². The molecular formula is C24H22BrNO5S. The summed E-state index contributed by atoms with van der Waals surface area (Å²) in [5.74, 6) is 0.715. The fourth-order valence-corrected chi connectivity index (χ4v) is 4.98. The molecule has 0 aliphatic heterocycles. The van der Waals surface area contributed by atoms with Crippen molar-refractivity contribution < 1.29 is 19.2 Å². The van der Waals surface area contributed by atoms with Gasteiger partial charge < -0.3 is 9.47 Å². The van der Waals surface area contributed by atoms with Crippen molar-refractivity contribution in [3.05, 3.63) is 90.1 Å². The van der Waals surface area contributed by atoms with E-state index in [2.05, 4.69) is 22.9 Å². The van der Waals surface area contributed by atoms with Crippen LogP contribution in [0.3, 0.4) is 0 Å². The SMILES string of the molecule is CCCc1sc(C(=O)/C=C/c2ccc(OC)c(COc3ccccc3[N+](=O)[O-])c2)cc1Br. The highest BCUT2D eigenvalue weighted by Crippen LogP contribution is 2.30. The fourth-order valence-electron chi connectivity index (χ4n) is 3.08. The van der Waals surface area contributed by atoms with Crippen LogP contribution in [0.25, 0.3) is 6.08 Å². The van der Waals surface area contributed by atoms with E-state index in [1.165, 1.54) is 22.3 Å². The number of benzene rings is 2. The Bertz CT molecular complexity index is 1160. The molecule has 0 unspecified atom stereocenters. The van der Waals surface area contributed by atoms with E-state index in [0.717, 1.165) is 22.9 Å². The van der Waals surface area contributed by atoms with Gasteiger partial charge in [0.05, 0.1) is 16.9 Å². The van der Waals surface area contributed by atoms with Gasteiger partial charge in [0.2, 0.25) is 0 Å². The van der Waals surface area contributed by atoms with Crippen molar-refractivity contribution >= 4 is 44.8 Å². The van der Waals surface area contributed by atoms with Crippen LogP contribution in [0.4, 0.5) is 5.69 Å². The number of allylic oxidation sites excluding steroid dienone is 1. The van der Waals surface area contributed by atoms with Gasteiger partial charge in [0, 0.05) is 21.0 Å². The van der Waals surface area contributed by atoms with Crippen molar-refractivity contribution in [2.45, 2.75) is 26.4 Å². The molecule has 3 aromatic rings.